The number of hydrogen-bond donors (Lipinski definition) is 1. The largest absolute Gasteiger partial charge is 0.481 e. The highest BCUT2D eigenvalue weighted by Crippen LogP contribution is 2.31. The summed E-state index contributed by atoms with van der Waals surface area (Å²) in [5.41, 5.74) is -0.493. The molecule has 112 valence electrons. The van der Waals surface area contributed by atoms with Crippen LogP contribution in [0.5, 0.6) is 0 Å². The molecule has 1 saturated heterocycles. The normalized spacial score (nSPS) is 16.2. The van der Waals surface area contributed by atoms with Crippen LogP contribution < -0.4 is 0 Å². The predicted molar refractivity (Wildman–Crippen MR) is 74.3 cm³/mol. The highest BCUT2D eigenvalue weighted by molar-refractivity contribution is 6.34. The van der Waals surface area contributed by atoms with Crippen LogP contribution in [0.3, 0.4) is 0 Å². The molecular weight excluding hydrogens is 300 g/mol. The number of likely N-dealkylation sites (tertiary alicyclic amines) is 1. The van der Waals surface area contributed by atoms with Gasteiger partial charge >= 0.3 is 5.97 Å². The number of nitro groups is 1. The number of aliphatic carboxylic acids is 1. The molecule has 1 atom stereocenters. The molecule has 1 aromatic rings. The number of carbonyl (C=O) groups is 2. The molecule has 1 N–H and O–H groups in total. The van der Waals surface area contributed by atoms with Crippen LogP contribution in [0.15, 0.2) is 18.2 Å². The molecule has 1 heterocycles. The fourth-order valence-corrected chi connectivity index (χ4v) is 2.48. The molecule has 0 aromatic heterocycles. The zero-order valence-corrected chi connectivity index (χ0v) is 11.9. The molecule has 1 fully saturated rings. The molecule has 1 aliphatic heterocycles. The quantitative estimate of drug-likeness (QED) is 0.677. The number of halogens is 1. The fourth-order valence-electron chi connectivity index (χ4n) is 2.23. The summed E-state index contributed by atoms with van der Waals surface area (Å²) in [5, 5.41) is 19.9. The van der Waals surface area contributed by atoms with Crippen LogP contribution in [-0.4, -0.2) is 39.9 Å². The predicted octanol–water partition coefficient (Wildman–Crippen LogP) is 2.04. The number of hydrogen-bond acceptors (Lipinski definition) is 4. The van der Waals surface area contributed by atoms with Gasteiger partial charge in [-0.3, -0.25) is 19.7 Å². The second-order valence-corrected chi connectivity index (χ2v) is 5.40. The molecule has 1 aromatic carbocycles. The van der Waals surface area contributed by atoms with Crippen LogP contribution in [-0.2, 0) is 4.79 Å². The maximum absolute atomic E-state index is 12.3. The summed E-state index contributed by atoms with van der Waals surface area (Å²) in [6, 6.07) is 4.04. The third kappa shape index (κ3) is 2.82. The Bertz CT molecular complexity index is 613. The second kappa shape index (κ2) is 5.69. The van der Waals surface area contributed by atoms with E-state index >= 15 is 0 Å². The maximum atomic E-state index is 12.3. The van der Waals surface area contributed by atoms with Gasteiger partial charge in [0.05, 0.1) is 15.9 Å². The van der Waals surface area contributed by atoms with Gasteiger partial charge in [0.25, 0.3) is 11.6 Å². The van der Waals surface area contributed by atoms with Crippen LogP contribution in [0.1, 0.15) is 17.3 Å². The molecule has 0 spiro atoms. The van der Waals surface area contributed by atoms with Crippen molar-refractivity contribution in [2.45, 2.75) is 6.92 Å². The van der Waals surface area contributed by atoms with Crippen molar-refractivity contribution in [3.63, 3.8) is 0 Å². The van der Waals surface area contributed by atoms with E-state index in [9.17, 15) is 19.7 Å². The Morgan fingerprint density at radius 2 is 2.10 bits per heavy atom. The zero-order valence-electron chi connectivity index (χ0n) is 11.2. The number of nitro benzene ring substituents is 1. The van der Waals surface area contributed by atoms with Gasteiger partial charge in [-0.25, -0.2) is 0 Å². The molecule has 7 nitrogen and oxygen atoms in total. The van der Waals surface area contributed by atoms with Crippen LogP contribution in [0.4, 0.5) is 5.69 Å². The van der Waals surface area contributed by atoms with Crippen molar-refractivity contribution in [2.24, 2.45) is 11.8 Å². The van der Waals surface area contributed by atoms with Crippen molar-refractivity contribution in [3.8, 4) is 0 Å². The van der Waals surface area contributed by atoms with E-state index in [4.69, 9.17) is 16.7 Å². The summed E-state index contributed by atoms with van der Waals surface area (Å²) in [6.07, 6.45) is 0. The molecule has 1 amide bonds. The van der Waals surface area contributed by atoms with Crippen molar-refractivity contribution in [2.75, 3.05) is 13.1 Å². The Morgan fingerprint density at radius 3 is 2.62 bits per heavy atom. The first kappa shape index (κ1) is 15.2. The van der Waals surface area contributed by atoms with Gasteiger partial charge in [-0.1, -0.05) is 24.6 Å². The van der Waals surface area contributed by atoms with Gasteiger partial charge in [-0.2, -0.15) is 0 Å². The van der Waals surface area contributed by atoms with E-state index in [1.807, 2.05) is 0 Å². The Kier molecular flexibility index (Phi) is 4.13. The summed E-state index contributed by atoms with van der Waals surface area (Å²) in [5.74, 6) is -2.17. The van der Waals surface area contributed by atoms with Gasteiger partial charge in [0.1, 0.15) is 5.56 Å². The van der Waals surface area contributed by atoms with Crippen LogP contribution in [0.25, 0.3) is 0 Å². The Morgan fingerprint density at radius 1 is 1.48 bits per heavy atom. The number of carboxylic acid groups (broad SMARTS) is 1. The minimum Gasteiger partial charge on any atom is -0.481 e. The lowest BCUT2D eigenvalue weighted by Crippen LogP contribution is -2.53. The third-order valence-electron chi connectivity index (χ3n) is 3.70. The smallest absolute Gasteiger partial charge is 0.306 e. The molecule has 2 rings (SSSR count). The number of carbonyl (C=O) groups excluding carboxylic acids is 1. The molecule has 0 radical (unpaired) electrons. The molecule has 1 unspecified atom stereocenters. The lowest BCUT2D eigenvalue weighted by molar-refractivity contribution is -0.385. The van der Waals surface area contributed by atoms with Gasteiger partial charge in [-0.05, 0) is 6.07 Å². The Balaban J connectivity index is 2.17. The van der Waals surface area contributed by atoms with Crippen LogP contribution in [0.2, 0.25) is 5.02 Å². The highest BCUT2D eigenvalue weighted by atomic mass is 35.5. The van der Waals surface area contributed by atoms with Crippen molar-refractivity contribution in [1.29, 1.82) is 0 Å². The van der Waals surface area contributed by atoms with E-state index in [0.717, 1.165) is 0 Å². The van der Waals surface area contributed by atoms with E-state index in [1.54, 1.807) is 6.92 Å². The monoisotopic (exact) mass is 312 g/mol. The van der Waals surface area contributed by atoms with Crippen molar-refractivity contribution in [3.05, 3.63) is 38.9 Å². The lowest BCUT2D eigenvalue weighted by Gasteiger charge is -2.41. The number of rotatable bonds is 4. The molecule has 0 bridgehead atoms. The number of nitrogens with zero attached hydrogens (tertiary/aromatic N) is 2. The first-order valence-corrected chi connectivity index (χ1v) is 6.65. The molecule has 21 heavy (non-hydrogen) atoms. The number of carboxylic acids is 1. The van der Waals surface area contributed by atoms with Gasteiger partial charge in [-0.15, -0.1) is 0 Å². The van der Waals surface area contributed by atoms with E-state index in [1.165, 1.54) is 23.1 Å². The van der Waals surface area contributed by atoms with Crippen LogP contribution >= 0.6 is 11.6 Å². The fraction of sp³-hybridized carbons (Fsp3) is 0.385. The van der Waals surface area contributed by atoms with Gasteiger partial charge in [0.15, 0.2) is 0 Å². The first-order chi connectivity index (χ1) is 9.82. The molecule has 0 saturated carbocycles. The summed E-state index contributed by atoms with van der Waals surface area (Å²) < 4.78 is 0. The topological polar surface area (TPSA) is 101 Å². The maximum Gasteiger partial charge on any atom is 0.306 e. The average Bonchev–Trinajstić information content (AvgIpc) is 2.35. The molecule has 1 aliphatic rings. The Labute approximate surface area is 125 Å². The van der Waals surface area contributed by atoms with Gasteiger partial charge in [0.2, 0.25) is 0 Å². The van der Waals surface area contributed by atoms with E-state index in [2.05, 4.69) is 0 Å². The summed E-state index contributed by atoms with van der Waals surface area (Å²) >= 11 is 5.90. The third-order valence-corrected chi connectivity index (χ3v) is 4.01. The number of amides is 1. The first-order valence-electron chi connectivity index (χ1n) is 6.28. The summed E-state index contributed by atoms with van der Waals surface area (Å²) in [4.78, 5) is 34.8. The SMILES string of the molecule is CC(C(=O)O)C1CN(C(=O)c2c(Cl)cccc2[N+](=O)[O-])C1. The number of benzene rings is 1. The van der Waals surface area contributed by atoms with E-state index in [0.29, 0.717) is 0 Å². The van der Waals surface area contributed by atoms with Crippen molar-refractivity contribution < 1.29 is 19.6 Å². The average molecular weight is 313 g/mol. The Hall–Kier alpha value is -2.15. The second-order valence-electron chi connectivity index (χ2n) is 4.99. The van der Waals surface area contributed by atoms with E-state index in [-0.39, 0.29) is 35.3 Å². The lowest BCUT2D eigenvalue weighted by atomic mass is 9.86. The minimum absolute atomic E-state index is 0.0175. The molecule has 8 heteroatoms. The van der Waals surface area contributed by atoms with E-state index < -0.39 is 22.7 Å². The van der Waals surface area contributed by atoms with Gasteiger partial charge < -0.3 is 10.0 Å². The standard InChI is InChI=1S/C13H13ClN2O5/c1-7(13(18)19)8-5-15(6-8)12(17)11-9(14)3-2-4-10(11)16(20)21/h2-4,7-8H,5-6H2,1H3,(H,18,19). The highest BCUT2D eigenvalue weighted by Gasteiger charge is 2.39. The van der Waals surface area contributed by atoms with Gasteiger partial charge in [0, 0.05) is 25.1 Å². The zero-order chi connectivity index (χ0) is 15.7. The minimum atomic E-state index is -0.921. The van der Waals surface area contributed by atoms with Crippen LogP contribution in [0, 0.1) is 22.0 Å². The molecular formula is C13H13ClN2O5. The molecule has 0 aliphatic carbocycles. The summed E-state index contributed by atoms with van der Waals surface area (Å²) in [7, 11) is 0. The summed E-state index contributed by atoms with van der Waals surface area (Å²) in [6.45, 7) is 2.09. The van der Waals surface area contributed by atoms with Crippen molar-refractivity contribution in [1.82, 2.24) is 4.90 Å². The van der Waals surface area contributed by atoms with Crippen molar-refractivity contribution >= 4 is 29.2 Å².